The van der Waals surface area contributed by atoms with E-state index in [4.69, 9.17) is 5.11 Å². The van der Waals surface area contributed by atoms with Gasteiger partial charge in [-0.2, -0.15) is 0 Å². The highest BCUT2D eigenvalue weighted by Gasteiger charge is 2.59. The second-order valence-corrected chi connectivity index (χ2v) is 11.5. The van der Waals surface area contributed by atoms with Crippen LogP contribution in [0.3, 0.4) is 0 Å². The number of nitro groups is 1. The Hall–Kier alpha value is -4.45. The average Bonchev–Trinajstić information content (AvgIpc) is 2.93. The van der Waals surface area contributed by atoms with E-state index in [1.807, 2.05) is 0 Å². The molecule has 236 valence electrons. The van der Waals surface area contributed by atoms with Crippen LogP contribution in [0.4, 0.5) is 10.5 Å². The first kappa shape index (κ1) is 34.7. The fraction of sp³-hybridized carbons (Fsp3) is 0.520. The number of aliphatic carboxylic acids is 3. The number of nitrogens with one attached hydrogen (secondary N) is 1. The number of nitro benzene ring substituents is 1. The number of carbonyl (C=O) groups is 6. The van der Waals surface area contributed by atoms with Gasteiger partial charge < -0.3 is 15.3 Å². The summed E-state index contributed by atoms with van der Waals surface area (Å²) in [6.07, 6.45) is -2.22. The number of benzene rings is 1. The lowest BCUT2D eigenvalue weighted by atomic mass is 9.77. The molecule has 1 fully saturated rings. The van der Waals surface area contributed by atoms with Crippen LogP contribution in [0.5, 0.6) is 0 Å². The maximum Gasteiger partial charge on any atom is 0.335 e. The third-order valence-electron chi connectivity index (χ3n) is 7.26. The van der Waals surface area contributed by atoms with E-state index in [1.165, 1.54) is 13.8 Å². The quantitative estimate of drug-likeness (QED) is 0.0824. The fourth-order valence-corrected chi connectivity index (χ4v) is 5.81. The number of unbranched alkanes of at least 4 members (excludes halogenated alkanes) is 1. The van der Waals surface area contributed by atoms with Gasteiger partial charge in [-0.25, -0.2) is 37.3 Å². The summed E-state index contributed by atoms with van der Waals surface area (Å²) < 4.78 is 27.2. The summed E-state index contributed by atoms with van der Waals surface area (Å²) in [6.45, 7) is 2.67. The van der Waals surface area contributed by atoms with Crippen LogP contribution in [0.1, 0.15) is 58.8 Å². The number of barbiturate groups is 1. The average molecular weight is 629 g/mol. The molecule has 4 amide bonds. The molecule has 1 heterocycles. The molecule has 4 N–H and O–H groups in total. The maximum absolute atomic E-state index is 13.5. The van der Waals surface area contributed by atoms with E-state index in [-0.39, 0.29) is 54.1 Å². The Bertz CT molecular complexity index is 1390. The summed E-state index contributed by atoms with van der Waals surface area (Å²) in [5, 5.41) is 39.5. The molecule has 0 radical (unpaired) electrons. The van der Waals surface area contributed by atoms with Crippen LogP contribution in [0.25, 0.3) is 0 Å². The number of amides is 4. The van der Waals surface area contributed by atoms with Crippen molar-refractivity contribution in [3.8, 4) is 0 Å². The monoisotopic (exact) mass is 628 g/mol. The van der Waals surface area contributed by atoms with Crippen molar-refractivity contribution < 1.29 is 57.4 Å². The zero-order chi connectivity index (χ0) is 32.7. The maximum atomic E-state index is 13.5. The Morgan fingerprint density at radius 2 is 1.40 bits per heavy atom. The third kappa shape index (κ3) is 7.50. The van der Waals surface area contributed by atoms with Crippen LogP contribution < -0.4 is 4.72 Å². The van der Waals surface area contributed by atoms with E-state index in [1.54, 1.807) is 0 Å². The van der Waals surface area contributed by atoms with Crippen molar-refractivity contribution in [1.29, 1.82) is 0 Å². The van der Waals surface area contributed by atoms with Crippen LogP contribution in [-0.4, -0.2) is 92.8 Å². The molecule has 1 aromatic rings. The molecule has 0 spiro atoms. The molecule has 2 atom stereocenters. The second kappa shape index (κ2) is 14.1. The predicted molar refractivity (Wildman–Crippen MR) is 144 cm³/mol. The number of hydrogen-bond acceptors (Lipinski definition) is 10. The van der Waals surface area contributed by atoms with Crippen molar-refractivity contribution in [3.63, 3.8) is 0 Å². The first-order valence-corrected chi connectivity index (χ1v) is 14.7. The molecule has 1 aromatic carbocycles. The van der Waals surface area contributed by atoms with Crippen LogP contribution in [0.15, 0.2) is 29.2 Å². The first-order chi connectivity index (χ1) is 20.0. The number of carboxylic acid groups (broad SMARTS) is 3. The van der Waals surface area contributed by atoms with Crippen LogP contribution in [0, 0.1) is 15.5 Å². The molecular formula is C25H32N4O13S. The third-order valence-corrected chi connectivity index (χ3v) is 8.73. The Balaban J connectivity index is 2.26. The lowest BCUT2D eigenvalue weighted by molar-refractivity contribution is -0.384. The lowest BCUT2D eigenvalue weighted by Gasteiger charge is -2.46. The first-order valence-electron chi connectivity index (χ1n) is 13.2. The Morgan fingerprint density at radius 3 is 1.81 bits per heavy atom. The molecule has 0 unspecified atom stereocenters. The summed E-state index contributed by atoms with van der Waals surface area (Å²) >= 11 is 0. The summed E-state index contributed by atoms with van der Waals surface area (Å²) in [6, 6.07) is -1.24. The van der Waals surface area contributed by atoms with Gasteiger partial charge in [0.25, 0.3) is 5.69 Å². The fourth-order valence-electron chi connectivity index (χ4n) is 4.73. The molecular weight excluding hydrogens is 596 g/mol. The molecule has 17 nitrogen and oxygen atoms in total. The smallest absolute Gasteiger partial charge is 0.335 e. The number of imide groups is 2. The molecule has 1 aliphatic heterocycles. The summed E-state index contributed by atoms with van der Waals surface area (Å²) in [7, 11) is -4.07. The van der Waals surface area contributed by atoms with Crippen molar-refractivity contribution in [3.05, 3.63) is 34.4 Å². The molecule has 43 heavy (non-hydrogen) atoms. The SMILES string of the molecule is CCC1(CC)C(=O)N([C@@H](CCCCNS(=O)(=O)c2ccc([N+](=O)[O-])cc2)C(=O)O)C(=O)N([C@@H](CCC(=O)O)C(=O)O)C1=O. The Kier molecular flexibility index (Phi) is 11.4. The second-order valence-electron chi connectivity index (χ2n) is 9.71. The summed E-state index contributed by atoms with van der Waals surface area (Å²) in [5.41, 5.74) is -2.29. The van der Waals surface area contributed by atoms with Gasteiger partial charge >= 0.3 is 23.9 Å². The molecule has 18 heteroatoms. The van der Waals surface area contributed by atoms with Gasteiger partial charge in [-0.3, -0.25) is 24.5 Å². The van der Waals surface area contributed by atoms with Gasteiger partial charge in [0.1, 0.15) is 17.5 Å². The minimum Gasteiger partial charge on any atom is -0.481 e. The highest BCUT2D eigenvalue weighted by molar-refractivity contribution is 7.89. The van der Waals surface area contributed by atoms with Crippen LogP contribution >= 0.6 is 0 Å². The zero-order valence-electron chi connectivity index (χ0n) is 23.3. The molecule has 0 bridgehead atoms. The lowest BCUT2D eigenvalue weighted by Crippen LogP contribution is -2.70. The highest BCUT2D eigenvalue weighted by atomic mass is 32.2. The Morgan fingerprint density at radius 1 is 0.907 bits per heavy atom. The molecule has 1 aliphatic rings. The number of sulfonamides is 1. The van der Waals surface area contributed by atoms with Crippen molar-refractivity contribution in [1.82, 2.24) is 14.5 Å². The van der Waals surface area contributed by atoms with Crippen molar-refractivity contribution >= 4 is 51.5 Å². The van der Waals surface area contributed by atoms with Crippen molar-refractivity contribution in [2.75, 3.05) is 6.54 Å². The number of rotatable bonds is 17. The normalized spacial score (nSPS) is 16.6. The van der Waals surface area contributed by atoms with Crippen molar-refractivity contribution in [2.45, 2.75) is 75.8 Å². The van der Waals surface area contributed by atoms with E-state index in [9.17, 15) is 57.5 Å². The molecule has 1 saturated heterocycles. The predicted octanol–water partition coefficient (Wildman–Crippen LogP) is 1.41. The number of non-ortho nitro benzene ring substituents is 1. The number of nitrogens with zero attached hydrogens (tertiary/aromatic N) is 3. The van der Waals surface area contributed by atoms with E-state index < -0.39 is 81.0 Å². The van der Waals surface area contributed by atoms with E-state index in [2.05, 4.69) is 4.72 Å². The van der Waals surface area contributed by atoms with Crippen LogP contribution in [-0.2, 0) is 34.0 Å². The number of urea groups is 1. The Labute approximate surface area is 245 Å². The molecule has 0 saturated carbocycles. The molecule has 2 rings (SSSR count). The minimum atomic E-state index is -4.07. The van der Waals surface area contributed by atoms with Gasteiger partial charge in [-0.05, 0) is 50.7 Å². The molecule has 0 aromatic heterocycles. The van der Waals surface area contributed by atoms with Crippen LogP contribution in [0.2, 0.25) is 0 Å². The van der Waals surface area contributed by atoms with E-state index in [0.717, 1.165) is 24.3 Å². The van der Waals surface area contributed by atoms with Gasteiger partial charge in [-0.1, -0.05) is 13.8 Å². The number of carboxylic acids is 3. The molecule has 0 aliphatic carbocycles. The van der Waals surface area contributed by atoms with E-state index >= 15 is 0 Å². The topological polar surface area (TPSA) is 259 Å². The van der Waals surface area contributed by atoms with Gasteiger partial charge in [0, 0.05) is 25.1 Å². The van der Waals surface area contributed by atoms with Gasteiger partial charge in [-0.15, -0.1) is 0 Å². The minimum absolute atomic E-state index is 0.0257. The number of hydrogen-bond donors (Lipinski definition) is 4. The summed E-state index contributed by atoms with van der Waals surface area (Å²) in [4.78, 5) is 86.2. The standard InChI is InChI=1S/C25H32N4O13S/c1-3-25(4-2)22(36)27(24(38)28(23(25)37)18(21(34)35)12-13-19(30)31)17(20(32)33)7-5-6-14-26-43(41,42)16-10-8-15(9-11-16)29(39)40/h8-11,17-18,26H,3-7,12-14H2,1-2H3,(H,30,31)(H,32,33)(H,34,35)/t17-,18-/m0/s1. The zero-order valence-corrected chi connectivity index (χ0v) is 24.1. The number of carbonyl (C=O) groups excluding carboxylic acids is 3. The van der Waals surface area contributed by atoms with Crippen molar-refractivity contribution in [2.24, 2.45) is 5.41 Å². The highest BCUT2D eigenvalue weighted by Crippen LogP contribution is 2.39. The largest absolute Gasteiger partial charge is 0.481 e. The van der Waals surface area contributed by atoms with Gasteiger partial charge in [0.15, 0.2) is 0 Å². The van der Waals surface area contributed by atoms with Gasteiger partial charge in [0.2, 0.25) is 21.8 Å². The van der Waals surface area contributed by atoms with Gasteiger partial charge in [0.05, 0.1) is 9.82 Å². The summed E-state index contributed by atoms with van der Waals surface area (Å²) in [5.74, 6) is -7.05. The van der Waals surface area contributed by atoms with E-state index in [0.29, 0.717) is 4.90 Å².